The van der Waals surface area contributed by atoms with Gasteiger partial charge < -0.3 is 9.84 Å². The molecule has 0 fully saturated rings. The van der Waals surface area contributed by atoms with E-state index in [1.54, 1.807) is 24.3 Å². The number of methoxy groups -OCH3 is 1. The van der Waals surface area contributed by atoms with Gasteiger partial charge in [0.2, 0.25) is 0 Å². The minimum atomic E-state index is -0.718. The third kappa shape index (κ3) is 3.80. The highest BCUT2D eigenvalue weighted by atomic mass is 16.5. The van der Waals surface area contributed by atoms with E-state index >= 15 is 0 Å². The van der Waals surface area contributed by atoms with Crippen molar-refractivity contribution in [1.82, 2.24) is 0 Å². The van der Waals surface area contributed by atoms with Crippen molar-refractivity contribution in [3.05, 3.63) is 59.2 Å². The molecule has 0 amide bonds. The van der Waals surface area contributed by atoms with Gasteiger partial charge in [-0.2, -0.15) is 0 Å². The fraction of sp³-hybridized carbons (Fsp3) is 0.312. The van der Waals surface area contributed by atoms with E-state index in [4.69, 9.17) is 0 Å². The molecule has 0 saturated carbocycles. The van der Waals surface area contributed by atoms with E-state index < -0.39 is 6.10 Å². The summed E-state index contributed by atoms with van der Waals surface area (Å²) in [6.45, 7) is 7.76. The number of hydrogen-bond acceptors (Lipinski definition) is 3. The maximum atomic E-state index is 11.3. The van der Waals surface area contributed by atoms with Crippen LogP contribution in [0.1, 0.15) is 42.3 Å². The number of allylic oxidation sites excluding steroid dienone is 1. The summed E-state index contributed by atoms with van der Waals surface area (Å²) in [4.78, 5) is 11.3. The zero-order chi connectivity index (χ0) is 14.4. The highest BCUT2D eigenvalue weighted by Gasteiger charge is 2.14. The number of ether oxygens (including phenoxy) is 1. The molecule has 0 aliphatic rings. The zero-order valence-electron chi connectivity index (χ0n) is 11.6. The molecule has 1 aromatic carbocycles. The molecule has 0 aliphatic carbocycles. The topological polar surface area (TPSA) is 46.5 Å². The van der Waals surface area contributed by atoms with Crippen molar-refractivity contribution in [3.63, 3.8) is 0 Å². The van der Waals surface area contributed by atoms with E-state index in [0.29, 0.717) is 5.56 Å². The van der Waals surface area contributed by atoms with E-state index in [9.17, 15) is 9.90 Å². The first kappa shape index (κ1) is 15.2. The highest BCUT2D eigenvalue weighted by Crippen LogP contribution is 2.27. The normalized spacial score (nSPS) is 12.9. The first-order chi connectivity index (χ1) is 9.01. The predicted octanol–water partition coefficient (Wildman–Crippen LogP) is 3.42. The van der Waals surface area contributed by atoms with Gasteiger partial charge in [0.25, 0.3) is 0 Å². The van der Waals surface area contributed by atoms with Gasteiger partial charge in [-0.1, -0.05) is 37.3 Å². The third-order valence-corrected chi connectivity index (χ3v) is 2.86. The Morgan fingerprint density at radius 2 is 2.00 bits per heavy atom. The minimum Gasteiger partial charge on any atom is -0.465 e. The van der Waals surface area contributed by atoms with Crippen LogP contribution in [0.4, 0.5) is 0 Å². The number of benzene rings is 1. The fourth-order valence-electron chi connectivity index (χ4n) is 1.84. The molecule has 3 heteroatoms. The Kier molecular flexibility index (Phi) is 5.52. The van der Waals surface area contributed by atoms with E-state index in [1.807, 2.05) is 19.9 Å². The number of carbonyl (C=O) groups is 1. The standard InChI is InChI=1S/C16H20O3/c1-5-6-14(11(2)3)15(17)12-7-9-13(10-8-12)16(18)19-4/h6-10,15,17H,2,5H2,1,3-4H3/b14-6+/t15-/m0/s1. The van der Waals surface area contributed by atoms with Crippen LogP contribution in [0, 0.1) is 0 Å². The molecular formula is C16H20O3. The molecule has 1 N–H and O–H groups in total. The molecule has 0 saturated heterocycles. The van der Waals surface area contributed by atoms with Gasteiger partial charge in [0, 0.05) is 0 Å². The van der Waals surface area contributed by atoms with Crippen molar-refractivity contribution in [3.8, 4) is 0 Å². The van der Waals surface area contributed by atoms with E-state index in [-0.39, 0.29) is 5.97 Å². The lowest BCUT2D eigenvalue weighted by atomic mass is 9.95. The summed E-state index contributed by atoms with van der Waals surface area (Å²) < 4.78 is 4.63. The number of rotatable bonds is 5. The quantitative estimate of drug-likeness (QED) is 0.651. The minimum absolute atomic E-state index is 0.384. The maximum Gasteiger partial charge on any atom is 0.337 e. The second kappa shape index (κ2) is 6.90. The largest absolute Gasteiger partial charge is 0.465 e. The Balaban J connectivity index is 3.00. The van der Waals surface area contributed by atoms with Gasteiger partial charge in [0.15, 0.2) is 0 Å². The van der Waals surface area contributed by atoms with Crippen molar-refractivity contribution in [2.45, 2.75) is 26.4 Å². The smallest absolute Gasteiger partial charge is 0.337 e. The number of aliphatic hydroxyl groups is 1. The Bertz CT molecular complexity index is 483. The molecule has 102 valence electrons. The Labute approximate surface area is 114 Å². The van der Waals surface area contributed by atoms with Gasteiger partial charge in [-0.05, 0) is 36.6 Å². The van der Waals surface area contributed by atoms with Crippen LogP contribution in [-0.2, 0) is 4.74 Å². The highest BCUT2D eigenvalue weighted by molar-refractivity contribution is 5.89. The number of hydrogen-bond donors (Lipinski definition) is 1. The van der Waals surface area contributed by atoms with Crippen molar-refractivity contribution in [2.24, 2.45) is 0 Å². The van der Waals surface area contributed by atoms with E-state index in [1.165, 1.54) is 7.11 Å². The summed E-state index contributed by atoms with van der Waals surface area (Å²) in [5.74, 6) is -0.384. The van der Waals surface area contributed by atoms with Crippen LogP contribution in [0.3, 0.4) is 0 Å². The third-order valence-electron chi connectivity index (χ3n) is 2.86. The van der Waals surface area contributed by atoms with Gasteiger partial charge >= 0.3 is 5.97 Å². The molecule has 0 aromatic heterocycles. The summed E-state index contributed by atoms with van der Waals surface area (Å²) in [6.07, 6.45) is 2.07. The van der Waals surface area contributed by atoms with Crippen molar-refractivity contribution < 1.29 is 14.6 Å². The van der Waals surface area contributed by atoms with Gasteiger partial charge in [-0.15, -0.1) is 0 Å². The molecule has 0 aliphatic heterocycles. The monoisotopic (exact) mass is 260 g/mol. The molecule has 0 unspecified atom stereocenters. The van der Waals surface area contributed by atoms with Crippen LogP contribution >= 0.6 is 0 Å². The Hall–Kier alpha value is -1.87. The van der Waals surface area contributed by atoms with Crippen LogP contribution < -0.4 is 0 Å². The molecule has 0 heterocycles. The van der Waals surface area contributed by atoms with Crippen LogP contribution in [0.15, 0.2) is 48.1 Å². The van der Waals surface area contributed by atoms with Crippen LogP contribution in [-0.4, -0.2) is 18.2 Å². The first-order valence-electron chi connectivity index (χ1n) is 6.23. The second-order valence-electron chi connectivity index (χ2n) is 4.36. The van der Waals surface area contributed by atoms with Gasteiger partial charge in [-0.3, -0.25) is 0 Å². The average molecular weight is 260 g/mol. The lowest BCUT2D eigenvalue weighted by Gasteiger charge is -2.16. The van der Waals surface area contributed by atoms with E-state index in [2.05, 4.69) is 11.3 Å². The van der Waals surface area contributed by atoms with Crippen LogP contribution in [0.5, 0.6) is 0 Å². The summed E-state index contributed by atoms with van der Waals surface area (Å²) in [5, 5.41) is 10.3. The molecular weight excluding hydrogens is 240 g/mol. The molecule has 0 bridgehead atoms. The van der Waals surface area contributed by atoms with Crippen molar-refractivity contribution >= 4 is 5.97 Å². The summed E-state index contributed by atoms with van der Waals surface area (Å²) in [5.41, 5.74) is 2.85. The van der Waals surface area contributed by atoms with Gasteiger partial charge in [0.1, 0.15) is 6.10 Å². The van der Waals surface area contributed by atoms with Crippen molar-refractivity contribution in [2.75, 3.05) is 7.11 Å². The molecule has 0 radical (unpaired) electrons. The second-order valence-corrected chi connectivity index (χ2v) is 4.36. The summed E-state index contributed by atoms with van der Waals surface area (Å²) in [6, 6.07) is 6.74. The molecule has 0 spiro atoms. The van der Waals surface area contributed by atoms with Gasteiger partial charge in [-0.25, -0.2) is 4.79 Å². The van der Waals surface area contributed by atoms with Crippen LogP contribution in [0.2, 0.25) is 0 Å². The summed E-state index contributed by atoms with van der Waals surface area (Å²) in [7, 11) is 1.34. The predicted molar refractivity (Wildman–Crippen MR) is 75.9 cm³/mol. The molecule has 1 rings (SSSR count). The molecule has 1 aromatic rings. The maximum absolute atomic E-state index is 11.3. The fourth-order valence-corrected chi connectivity index (χ4v) is 1.84. The average Bonchev–Trinajstić information content (AvgIpc) is 2.43. The lowest BCUT2D eigenvalue weighted by molar-refractivity contribution is 0.0600. The van der Waals surface area contributed by atoms with Crippen LogP contribution in [0.25, 0.3) is 0 Å². The molecule has 3 nitrogen and oxygen atoms in total. The first-order valence-corrected chi connectivity index (χ1v) is 6.23. The lowest BCUT2D eigenvalue weighted by Crippen LogP contribution is -2.05. The number of carbonyl (C=O) groups excluding carboxylic acids is 1. The summed E-state index contributed by atoms with van der Waals surface area (Å²) >= 11 is 0. The Morgan fingerprint density at radius 1 is 1.42 bits per heavy atom. The number of esters is 1. The van der Waals surface area contributed by atoms with Gasteiger partial charge in [0.05, 0.1) is 12.7 Å². The zero-order valence-corrected chi connectivity index (χ0v) is 11.6. The SMILES string of the molecule is C=C(C)/C(=C\CC)[C@@H](O)c1ccc(C(=O)OC)cc1. The number of aliphatic hydroxyl groups excluding tert-OH is 1. The molecule has 1 atom stereocenters. The van der Waals surface area contributed by atoms with Crippen molar-refractivity contribution in [1.29, 1.82) is 0 Å². The molecule has 19 heavy (non-hydrogen) atoms. The Morgan fingerprint density at radius 3 is 2.42 bits per heavy atom. The van der Waals surface area contributed by atoms with E-state index in [0.717, 1.165) is 23.1 Å².